The normalized spacial score (nSPS) is 11.2. The highest BCUT2D eigenvalue weighted by atomic mass is 32.1. The Kier molecular flexibility index (Phi) is 4.48. The minimum absolute atomic E-state index is 0.0594. The van der Waals surface area contributed by atoms with Crippen molar-refractivity contribution in [3.8, 4) is 5.75 Å². The van der Waals surface area contributed by atoms with Crippen LogP contribution in [0.1, 0.15) is 20.9 Å². The highest BCUT2D eigenvalue weighted by molar-refractivity contribution is 7.20. The van der Waals surface area contributed by atoms with Crippen molar-refractivity contribution in [2.75, 3.05) is 0 Å². The number of thiophene rings is 1. The van der Waals surface area contributed by atoms with Crippen molar-refractivity contribution in [3.63, 3.8) is 0 Å². The molecule has 0 unspecified atom stereocenters. The van der Waals surface area contributed by atoms with Crippen molar-refractivity contribution in [1.82, 2.24) is 15.1 Å². The van der Waals surface area contributed by atoms with Crippen LogP contribution in [0.2, 0.25) is 0 Å². The second-order valence-electron chi connectivity index (χ2n) is 5.21. The average Bonchev–Trinajstić information content (AvgIpc) is 3.08. The standard InChI is InChI=1S/C16H15F2N3O2S/c1-9-11-7-13(24-15(11)21(2)20-9)14(22)19-8-10-5-3-4-6-12(10)23-16(17)18/h3-7,16H,8H2,1-2H3,(H,19,22). The predicted molar refractivity (Wildman–Crippen MR) is 87.6 cm³/mol. The number of nitrogens with one attached hydrogen (secondary N) is 1. The Morgan fingerprint density at radius 2 is 2.17 bits per heavy atom. The van der Waals surface area contributed by atoms with E-state index >= 15 is 0 Å². The number of alkyl halides is 2. The Morgan fingerprint density at radius 1 is 1.42 bits per heavy atom. The number of hydrogen-bond acceptors (Lipinski definition) is 4. The van der Waals surface area contributed by atoms with Gasteiger partial charge in [0.2, 0.25) is 0 Å². The molecular weight excluding hydrogens is 336 g/mol. The number of carbonyl (C=O) groups excluding carboxylic acids is 1. The Morgan fingerprint density at radius 3 is 2.88 bits per heavy atom. The van der Waals surface area contributed by atoms with E-state index in [0.29, 0.717) is 10.4 Å². The molecule has 24 heavy (non-hydrogen) atoms. The molecule has 2 heterocycles. The lowest BCUT2D eigenvalue weighted by Gasteiger charge is -2.10. The van der Waals surface area contributed by atoms with Crippen LogP contribution in [0.15, 0.2) is 30.3 Å². The molecule has 0 saturated carbocycles. The molecule has 0 aliphatic rings. The fraction of sp³-hybridized carbons (Fsp3) is 0.250. The molecule has 3 aromatic rings. The van der Waals surface area contributed by atoms with E-state index in [9.17, 15) is 13.6 Å². The number of benzene rings is 1. The number of aromatic nitrogens is 2. The molecule has 0 spiro atoms. The summed E-state index contributed by atoms with van der Waals surface area (Å²) in [5.41, 5.74) is 1.35. The Hall–Kier alpha value is -2.48. The topological polar surface area (TPSA) is 56.2 Å². The monoisotopic (exact) mass is 351 g/mol. The number of amides is 1. The van der Waals surface area contributed by atoms with Crippen LogP contribution in [0.3, 0.4) is 0 Å². The third kappa shape index (κ3) is 3.23. The molecule has 126 valence electrons. The van der Waals surface area contributed by atoms with Crippen LogP contribution in [0.5, 0.6) is 5.75 Å². The summed E-state index contributed by atoms with van der Waals surface area (Å²) in [6.07, 6.45) is 0. The Bertz CT molecular complexity index is 854. The molecule has 8 heteroatoms. The van der Waals surface area contributed by atoms with Gasteiger partial charge in [0.25, 0.3) is 5.91 Å². The number of carbonyl (C=O) groups is 1. The molecule has 1 aromatic carbocycles. The zero-order valence-corrected chi connectivity index (χ0v) is 13.9. The van der Waals surface area contributed by atoms with E-state index < -0.39 is 6.61 Å². The SMILES string of the molecule is Cc1nn(C)c2sc(C(=O)NCc3ccccc3OC(F)F)cc12. The minimum atomic E-state index is -2.90. The van der Waals surface area contributed by atoms with Crippen LogP contribution in [0.4, 0.5) is 8.78 Å². The molecule has 0 fully saturated rings. The molecule has 0 radical (unpaired) electrons. The van der Waals surface area contributed by atoms with E-state index in [1.807, 2.05) is 14.0 Å². The quantitative estimate of drug-likeness (QED) is 0.766. The van der Waals surface area contributed by atoms with Crippen molar-refractivity contribution in [2.45, 2.75) is 20.1 Å². The van der Waals surface area contributed by atoms with Crippen LogP contribution in [-0.2, 0) is 13.6 Å². The lowest BCUT2D eigenvalue weighted by atomic mass is 10.2. The zero-order chi connectivity index (χ0) is 17.3. The molecule has 2 aromatic heterocycles. The molecular formula is C16H15F2N3O2S. The van der Waals surface area contributed by atoms with Crippen LogP contribution in [0, 0.1) is 6.92 Å². The van der Waals surface area contributed by atoms with Crippen molar-refractivity contribution in [3.05, 3.63) is 46.5 Å². The number of nitrogens with zero attached hydrogens (tertiary/aromatic N) is 2. The van der Waals surface area contributed by atoms with Crippen LogP contribution < -0.4 is 10.1 Å². The lowest BCUT2D eigenvalue weighted by molar-refractivity contribution is -0.0504. The van der Waals surface area contributed by atoms with Crippen LogP contribution in [-0.4, -0.2) is 22.3 Å². The predicted octanol–water partition coefficient (Wildman–Crippen LogP) is 3.47. The van der Waals surface area contributed by atoms with Gasteiger partial charge in [-0.25, -0.2) is 0 Å². The second kappa shape index (κ2) is 6.56. The highest BCUT2D eigenvalue weighted by Gasteiger charge is 2.16. The first-order valence-corrected chi connectivity index (χ1v) is 8.01. The van der Waals surface area contributed by atoms with Crippen molar-refractivity contribution >= 4 is 27.5 Å². The summed E-state index contributed by atoms with van der Waals surface area (Å²) in [6.45, 7) is -0.915. The third-order valence-electron chi connectivity index (χ3n) is 3.55. The van der Waals surface area contributed by atoms with Gasteiger partial charge in [0.15, 0.2) is 0 Å². The second-order valence-corrected chi connectivity index (χ2v) is 6.24. The van der Waals surface area contributed by atoms with Gasteiger partial charge in [-0.15, -0.1) is 11.3 Å². The molecule has 0 saturated heterocycles. The van der Waals surface area contributed by atoms with Gasteiger partial charge in [0.1, 0.15) is 10.6 Å². The molecule has 1 N–H and O–H groups in total. The first-order valence-electron chi connectivity index (χ1n) is 7.19. The number of hydrogen-bond donors (Lipinski definition) is 1. The largest absolute Gasteiger partial charge is 0.434 e. The molecule has 1 amide bonds. The van der Waals surface area contributed by atoms with E-state index in [-0.39, 0.29) is 18.2 Å². The van der Waals surface area contributed by atoms with E-state index in [4.69, 9.17) is 0 Å². The van der Waals surface area contributed by atoms with Crippen LogP contribution in [0.25, 0.3) is 10.2 Å². The summed E-state index contributed by atoms with van der Waals surface area (Å²) in [7, 11) is 1.82. The van der Waals surface area contributed by atoms with Crippen molar-refractivity contribution in [1.29, 1.82) is 0 Å². The number of ether oxygens (including phenoxy) is 1. The maximum atomic E-state index is 12.4. The highest BCUT2D eigenvalue weighted by Crippen LogP contribution is 2.27. The summed E-state index contributed by atoms with van der Waals surface area (Å²) in [6, 6.07) is 8.18. The zero-order valence-electron chi connectivity index (χ0n) is 13.0. The van der Waals surface area contributed by atoms with Crippen molar-refractivity contribution in [2.24, 2.45) is 7.05 Å². The summed E-state index contributed by atoms with van der Waals surface area (Å²) in [5, 5.41) is 7.97. The van der Waals surface area contributed by atoms with E-state index in [1.54, 1.807) is 28.9 Å². The summed E-state index contributed by atoms with van der Waals surface area (Å²) >= 11 is 1.34. The van der Waals surface area contributed by atoms with Gasteiger partial charge in [-0.3, -0.25) is 9.48 Å². The van der Waals surface area contributed by atoms with Gasteiger partial charge in [-0.2, -0.15) is 13.9 Å². The van der Waals surface area contributed by atoms with Crippen LogP contribution >= 0.6 is 11.3 Å². The number of fused-ring (bicyclic) bond motifs is 1. The number of rotatable bonds is 5. The van der Waals surface area contributed by atoms with Gasteiger partial charge in [-0.1, -0.05) is 18.2 Å². The summed E-state index contributed by atoms with van der Waals surface area (Å²) in [5.74, 6) is -0.202. The fourth-order valence-corrected chi connectivity index (χ4v) is 3.48. The van der Waals surface area contributed by atoms with E-state index in [1.165, 1.54) is 17.4 Å². The Balaban J connectivity index is 1.74. The van der Waals surface area contributed by atoms with Gasteiger partial charge >= 0.3 is 6.61 Å². The van der Waals surface area contributed by atoms with Gasteiger partial charge in [0.05, 0.1) is 10.6 Å². The first-order chi connectivity index (χ1) is 11.5. The fourth-order valence-electron chi connectivity index (χ4n) is 2.44. The number of halogens is 2. The van der Waals surface area contributed by atoms with Crippen molar-refractivity contribution < 1.29 is 18.3 Å². The molecule has 0 atom stereocenters. The minimum Gasteiger partial charge on any atom is -0.434 e. The van der Waals surface area contributed by atoms with Gasteiger partial charge in [0, 0.05) is 24.5 Å². The summed E-state index contributed by atoms with van der Waals surface area (Å²) in [4.78, 5) is 13.8. The number of aryl methyl sites for hydroxylation is 2. The number of para-hydroxylation sites is 1. The lowest BCUT2D eigenvalue weighted by Crippen LogP contribution is -2.22. The Labute approximate surface area is 140 Å². The average molecular weight is 351 g/mol. The van der Waals surface area contributed by atoms with Gasteiger partial charge in [-0.05, 0) is 19.1 Å². The van der Waals surface area contributed by atoms with E-state index in [2.05, 4.69) is 15.2 Å². The smallest absolute Gasteiger partial charge is 0.387 e. The molecule has 3 rings (SSSR count). The molecule has 0 aliphatic heterocycles. The van der Waals surface area contributed by atoms with E-state index in [0.717, 1.165) is 15.9 Å². The summed E-state index contributed by atoms with van der Waals surface area (Å²) < 4.78 is 31.0. The maximum Gasteiger partial charge on any atom is 0.387 e. The first kappa shape index (κ1) is 16.4. The maximum absolute atomic E-state index is 12.4. The van der Waals surface area contributed by atoms with Gasteiger partial charge < -0.3 is 10.1 Å². The molecule has 5 nitrogen and oxygen atoms in total. The molecule has 0 aliphatic carbocycles. The third-order valence-corrected chi connectivity index (χ3v) is 4.75. The molecule has 0 bridgehead atoms.